The van der Waals surface area contributed by atoms with Crippen molar-refractivity contribution in [3.63, 3.8) is 0 Å². The largest absolute Gasteiger partial charge is 0.503 e. The number of hydrogen-bond donors (Lipinski definition) is 4. The molecule has 0 aromatic carbocycles. The van der Waals surface area contributed by atoms with Crippen molar-refractivity contribution >= 4 is 12.3 Å². The van der Waals surface area contributed by atoms with Crippen LogP contribution >= 0.6 is 0 Å². The van der Waals surface area contributed by atoms with E-state index in [2.05, 4.69) is 55.4 Å². The fourth-order valence-corrected chi connectivity index (χ4v) is 0. The summed E-state index contributed by atoms with van der Waals surface area (Å²) >= 11 is 0. The molecular formula is C14H36O6. The molecule has 20 heavy (non-hydrogen) atoms. The molecule has 6 heteroatoms. The van der Waals surface area contributed by atoms with Crippen LogP contribution in [-0.2, 0) is 0 Å². The minimum absolute atomic E-state index is 1.25. The van der Waals surface area contributed by atoms with Gasteiger partial charge in [0.2, 0.25) is 0 Å². The minimum Gasteiger partial charge on any atom is -0.450 e. The molecule has 6 nitrogen and oxygen atoms in total. The van der Waals surface area contributed by atoms with E-state index < -0.39 is 12.3 Å². The van der Waals surface area contributed by atoms with E-state index in [1.165, 1.54) is 25.7 Å². The maximum absolute atomic E-state index is 8.56. The van der Waals surface area contributed by atoms with Gasteiger partial charge in [0.25, 0.3) is 0 Å². The molecular weight excluding hydrogens is 264 g/mol. The first-order valence-electron chi connectivity index (χ1n) is 6.96. The van der Waals surface area contributed by atoms with Crippen molar-refractivity contribution in [1.29, 1.82) is 0 Å². The Balaban J connectivity index is -0.0000000296. The number of carboxylic acid groups (broad SMARTS) is 4. The van der Waals surface area contributed by atoms with Gasteiger partial charge in [-0.2, -0.15) is 0 Å². The Kier molecular flexibility index (Phi) is 119. The lowest BCUT2D eigenvalue weighted by molar-refractivity contribution is 0.135. The third-order valence-electron chi connectivity index (χ3n) is 0. The lowest BCUT2D eigenvalue weighted by atomic mass is 10.6. The van der Waals surface area contributed by atoms with E-state index in [1.807, 2.05) is 0 Å². The van der Waals surface area contributed by atoms with Gasteiger partial charge in [0.15, 0.2) is 0 Å². The van der Waals surface area contributed by atoms with Crippen LogP contribution < -0.4 is 0 Å². The van der Waals surface area contributed by atoms with Crippen molar-refractivity contribution in [2.75, 3.05) is 0 Å². The zero-order valence-electron chi connectivity index (χ0n) is 14.4. The van der Waals surface area contributed by atoms with E-state index >= 15 is 0 Å². The number of carbonyl (C=O) groups is 2. The molecule has 0 aromatic rings. The molecule has 0 saturated heterocycles. The lowest BCUT2D eigenvalue weighted by Crippen LogP contribution is -1.81. The van der Waals surface area contributed by atoms with Gasteiger partial charge >= 0.3 is 12.3 Å². The third-order valence-corrected chi connectivity index (χ3v) is 0. The van der Waals surface area contributed by atoms with Gasteiger partial charge in [-0.15, -0.1) is 0 Å². The molecule has 0 aliphatic rings. The summed E-state index contributed by atoms with van der Waals surface area (Å²) in [6.07, 6.45) is 1.33. The molecule has 0 aromatic heterocycles. The highest BCUT2D eigenvalue weighted by molar-refractivity contribution is 5.53. The van der Waals surface area contributed by atoms with Crippen LogP contribution in [0.3, 0.4) is 0 Å². The highest BCUT2D eigenvalue weighted by Gasteiger charge is 1.70. The Morgan fingerprint density at radius 1 is 0.500 bits per heavy atom. The van der Waals surface area contributed by atoms with E-state index in [1.54, 1.807) is 0 Å². The molecule has 0 heterocycles. The first-order valence-corrected chi connectivity index (χ1v) is 6.96. The van der Waals surface area contributed by atoms with Gasteiger partial charge < -0.3 is 20.4 Å². The predicted octanol–water partition coefficient (Wildman–Crippen LogP) is 6.11. The van der Waals surface area contributed by atoms with Gasteiger partial charge in [0.1, 0.15) is 0 Å². The second kappa shape index (κ2) is 65.8. The van der Waals surface area contributed by atoms with Gasteiger partial charge in [-0.1, -0.05) is 81.1 Å². The SMILES string of the molecule is CCC.CCC.CCC.CCC.O=C(O)O.O=C(O)O. The fourth-order valence-electron chi connectivity index (χ4n) is 0. The van der Waals surface area contributed by atoms with Crippen LogP contribution in [0.5, 0.6) is 0 Å². The quantitative estimate of drug-likeness (QED) is 0.429. The number of rotatable bonds is 0. The van der Waals surface area contributed by atoms with Crippen LogP contribution in [0.2, 0.25) is 0 Å². The molecule has 0 unspecified atom stereocenters. The van der Waals surface area contributed by atoms with E-state index in [-0.39, 0.29) is 0 Å². The normalized spacial score (nSPS) is 6.00. The predicted molar refractivity (Wildman–Crippen MR) is 85.2 cm³/mol. The van der Waals surface area contributed by atoms with E-state index in [9.17, 15) is 0 Å². The second-order valence-electron chi connectivity index (χ2n) is 3.39. The summed E-state index contributed by atoms with van der Waals surface area (Å²) in [6.45, 7) is 17.0. The van der Waals surface area contributed by atoms with E-state index in [0.717, 1.165) is 0 Å². The Bertz CT molecular complexity index is 110. The van der Waals surface area contributed by atoms with Crippen LogP contribution in [0, 0.1) is 0 Å². The second-order valence-corrected chi connectivity index (χ2v) is 3.39. The van der Waals surface area contributed by atoms with E-state index in [0.29, 0.717) is 0 Å². The highest BCUT2D eigenvalue weighted by atomic mass is 16.6. The van der Waals surface area contributed by atoms with Gasteiger partial charge in [0.05, 0.1) is 0 Å². The third kappa shape index (κ3) is 1870. The van der Waals surface area contributed by atoms with Crippen molar-refractivity contribution < 1.29 is 30.0 Å². The van der Waals surface area contributed by atoms with Crippen molar-refractivity contribution in [2.24, 2.45) is 0 Å². The molecule has 128 valence electrons. The molecule has 0 atom stereocenters. The van der Waals surface area contributed by atoms with Gasteiger partial charge in [-0.05, 0) is 0 Å². The Morgan fingerprint density at radius 3 is 0.500 bits per heavy atom. The van der Waals surface area contributed by atoms with Crippen LogP contribution in [0.25, 0.3) is 0 Å². The van der Waals surface area contributed by atoms with Crippen molar-refractivity contribution in [1.82, 2.24) is 0 Å². The summed E-state index contributed by atoms with van der Waals surface area (Å²) in [5, 5.41) is 27.9. The topological polar surface area (TPSA) is 115 Å². The van der Waals surface area contributed by atoms with Crippen LogP contribution in [0.4, 0.5) is 9.59 Å². The first kappa shape index (κ1) is 36.3. The fraction of sp³-hybridized carbons (Fsp3) is 0.857. The highest BCUT2D eigenvalue weighted by Crippen LogP contribution is 1.57. The zero-order valence-corrected chi connectivity index (χ0v) is 14.4. The summed E-state index contributed by atoms with van der Waals surface area (Å²) in [7, 11) is 0. The zero-order chi connectivity index (χ0) is 18.0. The first-order chi connectivity index (χ1) is 9.12. The minimum atomic E-state index is -1.83. The Hall–Kier alpha value is -1.46. The molecule has 0 rings (SSSR count). The Labute approximate surface area is 124 Å². The molecule has 0 spiro atoms. The molecule has 0 aliphatic heterocycles. The molecule has 4 N–H and O–H groups in total. The molecule has 0 bridgehead atoms. The number of hydrogen-bond acceptors (Lipinski definition) is 2. The smallest absolute Gasteiger partial charge is 0.450 e. The summed E-state index contributed by atoms with van der Waals surface area (Å²) in [5.74, 6) is 0. The van der Waals surface area contributed by atoms with Crippen molar-refractivity contribution in [2.45, 2.75) is 81.1 Å². The van der Waals surface area contributed by atoms with Crippen LogP contribution in [-0.4, -0.2) is 32.7 Å². The molecule has 0 radical (unpaired) electrons. The molecule has 0 fully saturated rings. The Morgan fingerprint density at radius 2 is 0.500 bits per heavy atom. The van der Waals surface area contributed by atoms with Gasteiger partial charge in [-0.3, -0.25) is 0 Å². The maximum Gasteiger partial charge on any atom is 0.503 e. The lowest BCUT2D eigenvalue weighted by Gasteiger charge is -1.60. The monoisotopic (exact) mass is 300 g/mol. The van der Waals surface area contributed by atoms with Gasteiger partial charge in [-0.25, -0.2) is 9.59 Å². The summed E-state index contributed by atoms with van der Waals surface area (Å²) < 4.78 is 0. The summed E-state index contributed by atoms with van der Waals surface area (Å²) in [6, 6.07) is 0. The average molecular weight is 300 g/mol. The van der Waals surface area contributed by atoms with Crippen molar-refractivity contribution in [3.8, 4) is 0 Å². The van der Waals surface area contributed by atoms with Gasteiger partial charge in [0, 0.05) is 0 Å². The molecule has 0 saturated carbocycles. The van der Waals surface area contributed by atoms with E-state index in [4.69, 9.17) is 30.0 Å². The average Bonchev–Trinajstić information content (AvgIpc) is 2.18. The summed E-state index contributed by atoms with van der Waals surface area (Å²) in [4.78, 5) is 17.1. The maximum atomic E-state index is 8.56. The molecule has 0 aliphatic carbocycles. The van der Waals surface area contributed by atoms with Crippen LogP contribution in [0.1, 0.15) is 81.1 Å². The van der Waals surface area contributed by atoms with Crippen LogP contribution in [0.15, 0.2) is 0 Å². The van der Waals surface area contributed by atoms with Crippen molar-refractivity contribution in [3.05, 3.63) is 0 Å². The standard InChI is InChI=1S/4C3H8.2CH2O3/c4*1-3-2;2*2-1(3)4/h4*3H2,1-2H3;2*(H2,2,3,4). The summed E-state index contributed by atoms with van der Waals surface area (Å²) in [5.41, 5.74) is 0. The molecule has 0 amide bonds.